The van der Waals surface area contributed by atoms with Gasteiger partial charge in [-0.15, -0.1) is 0 Å². The maximum absolute atomic E-state index is 13.8. The van der Waals surface area contributed by atoms with E-state index >= 15 is 0 Å². The number of esters is 1. The smallest absolute Gasteiger partial charge is 0.338 e. The van der Waals surface area contributed by atoms with E-state index in [-0.39, 0.29) is 12.7 Å². The van der Waals surface area contributed by atoms with E-state index in [4.69, 9.17) is 18.9 Å². The first-order valence-electron chi connectivity index (χ1n) is 11.2. The van der Waals surface area contributed by atoms with Crippen LogP contribution in [0.1, 0.15) is 33.8 Å². The van der Waals surface area contributed by atoms with Gasteiger partial charge in [-0.1, -0.05) is 30.3 Å². The highest BCUT2D eigenvalue weighted by Gasteiger charge is 2.54. The van der Waals surface area contributed by atoms with E-state index in [1.807, 2.05) is 42.7 Å². The van der Waals surface area contributed by atoms with Crippen molar-refractivity contribution in [3.8, 4) is 23.0 Å². The Balaban J connectivity index is 1.68. The Kier molecular flexibility index (Phi) is 6.30. The van der Waals surface area contributed by atoms with E-state index < -0.39 is 17.4 Å². The lowest BCUT2D eigenvalue weighted by molar-refractivity contribution is -0.144. The molecule has 2 heterocycles. The van der Waals surface area contributed by atoms with Crippen molar-refractivity contribution in [3.05, 3.63) is 83.4 Å². The first kappa shape index (κ1) is 23.1. The maximum Gasteiger partial charge on any atom is 0.338 e. The van der Waals surface area contributed by atoms with E-state index in [2.05, 4.69) is 5.32 Å². The molecular weight excluding hydrogens is 466 g/mol. The summed E-state index contributed by atoms with van der Waals surface area (Å²) in [6.07, 6.45) is 2.34. The van der Waals surface area contributed by atoms with Crippen LogP contribution in [0.2, 0.25) is 0 Å². The van der Waals surface area contributed by atoms with Crippen molar-refractivity contribution in [1.29, 1.82) is 0 Å². The number of thioether (sulfide) groups is 1. The summed E-state index contributed by atoms with van der Waals surface area (Å²) in [4.78, 5) is 27.2. The molecular formula is C27H25NO6S. The third kappa shape index (κ3) is 4.18. The van der Waals surface area contributed by atoms with Gasteiger partial charge in [0.25, 0.3) is 5.91 Å². The summed E-state index contributed by atoms with van der Waals surface area (Å²) in [5.74, 6) is 1.45. The fourth-order valence-electron chi connectivity index (χ4n) is 4.65. The van der Waals surface area contributed by atoms with Crippen LogP contribution in [0, 0.1) is 0 Å². The number of methoxy groups -OCH3 is 1. The summed E-state index contributed by atoms with van der Waals surface area (Å²) in [5.41, 5.74) is 0.713. The average Bonchev–Trinajstić information content (AvgIpc) is 3.35. The number of ether oxygens (including phenoxy) is 4. The molecule has 2 aliphatic rings. The lowest BCUT2D eigenvalue weighted by atomic mass is 9.71. The number of nitrogens with one attached hydrogen (secondary N) is 1. The molecule has 2 atom stereocenters. The van der Waals surface area contributed by atoms with E-state index in [0.29, 0.717) is 40.7 Å². The minimum absolute atomic E-state index is 0.0989. The average molecular weight is 492 g/mol. The molecule has 0 aliphatic carbocycles. The summed E-state index contributed by atoms with van der Waals surface area (Å²) in [6, 6.07) is 19.9. The SMILES string of the molecule is COc1ccc([C@@H]2c3cc4c(cc3OC(=O)[C@]2(CCSC)NC(=O)c2ccccc2)OCO4)cc1. The minimum Gasteiger partial charge on any atom is -0.497 e. The normalized spacial score (nSPS) is 20.1. The topological polar surface area (TPSA) is 83.1 Å². The molecule has 1 N–H and O–H groups in total. The van der Waals surface area contributed by atoms with Gasteiger partial charge in [-0.2, -0.15) is 11.8 Å². The lowest BCUT2D eigenvalue weighted by Gasteiger charge is -2.43. The standard InChI is InChI=1S/C27H25NO6S/c1-31-19-10-8-17(9-11-19)24-20-14-22-23(33-16-32-22)15-21(20)34-26(30)27(24,12-13-35-2)28-25(29)18-6-4-3-5-7-18/h3-11,14-15,24H,12-13,16H2,1-2H3,(H,28,29)/t24-,27-/m1/s1. The van der Waals surface area contributed by atoms with Gasteiger partial charge in [0.1, 0.15) is 11.5 Å². The highest BCUT2D eigenvalue weighted by atomic mass is 32.2. The number of carbonyl (C=O) groups is 2. The van der Waals surface area contributed by atoms with Gasteiger partial charge in [-0.3, -0.25) is 4.79 Å². The highest BCUT2D eigenvalue weighted by molar-refractivity contribution is 7.98. The van der Waals surface area contributed by atoms with E-state index in [9.17, 15) is 9.59 Å². The van der Waals surface area contributed by atoms with Gasteiger partial charge < -0.3 is 24.3 Å². The molecule has 0 saturated carbocycles. The summed E-state index contributed by atoms with van der Waals surface area (Å²) in [7, 11) is 1.60. The predicted molar refractivity (Wildman–Crippen MR) is 133 cm³/mol. The van der Waals surface area contributed by atoms with Crippen LogP contribution in [0.5, 0.6) is 23.0 Å². The van der Waals surface area contributed by atoms with Crippen LogP contribution in [0.15, 0.2) is 66.7 Å². The van der Waals surface area contributed by atoms with Crippen LogP contribution in [0.3, 0.4) is 0 Å². The number of fused-ring (bicyclic) bond motifs is 2. The maximum atomic E-state index is 13.8. The summed E-state index contributed by atoms with van der Waals surface area (Å²) < 4.78 is 22.4. The number of rotatable bonds is 7. The molecule has 0 unspecified atom stereocenters. The molecule has 5 rings (SSSR count). The quantitative estimate of drug-likeness (QED) is 0.388. The molecule has 0 aromatic heterocycles. The number of benzene rings is 3. The van der Waals surface area contributed by atoms with Gasteiger partial charge >= 0.3 is 5.97 Å². The predicted octanol–water partition coefficient (Wildman–Crippen LogP) is 4.40. The summed E-state index contributed by atoms with van der Waals surface area (Å²) >= 11 is 1.60. The monoisotopic (exact) mass is 491 g/mol. The van der Waals surface area contributed by atoms with Gasteiger partial charge in [0, 0.05) is 23.1 Å². The number of hydrogen-bond acceptors (Lipinski definition) is 7. The first-order chi connectivity index (χ1) is 17.1. The van der Waals surface area contributed by atoms with Gasteiger partial charge in [0.2, 0.25) is 6.79 Å². The van der Waals surface area contributed by atoms with Gasteiger partial charge in [-0.05, 0) is 54.3 Å². The second kappa shape index (κ2) is 9.54. The molecule has 8 heteroatoms. The molecule has 0 fully saturated rings. The zero-order valence-electron chi connectivity index (χ0n) is 19.4. The minimum atomic E-state index is -1.34. The Morgan fingerprint density at radius 3 is 2.46 bits per heavy atom. The lowest BCUT2D eigenvalue weighted by Crippen LogP contribution is -2.62. The van der Waals surface area contributed by atoms with Crippen molar-refractivity contribution in [2.45, 2.75) is 17.9 Å². The Labute approximate surface area is 207 Å². The number of amides is 1. The molecule has 0 bridgehead atoms. The molecule has 0 spiro atoms. The van der Waals surface area contributed by atoms with E-state index in [1.54, 1.807) is 49.2 Å². The molecule has 0 radical (unpaired) electrons. The fraction of sp³-hybridized carbons (Fsp3) is 0.259. The Bertz CT molecular complexity index is 1250. The molecule has 0 saturated heterocycles. The van der Waals surface area contributed by atoms with Crippen molar-refractivity contribution in [2.75, 3.05) is 25.9 Å². The van der Waals surface area contributed by atoms with Crippen LogP contribution in [0.4, 0.5) is 0 Å². The van der Waals surface area contributed by atoms with E-state index in [0.717, 1.165) is 11.1 Å². The zero-order valence-corrected chi connectivity index (χ0v) is 20.2. The summed E-state index contributed by atoms with van der Waals surface area (Å²) in [6.45, 7) is 0.0989. The first-order valence-corrected chi connectivity index (χ1v) is 12.6. The molecule has 1 amide bonds. The molecule has 3 aromatic carbocycles. The number of carbonyl (C=O) groups excluding carboxylic acids is 2. The van der Waals surface area contributed by atoms with Crippen molar-refractivity contribution in [3.63, 3.8) is 0 Å². The van der Waals surface area contributed by atoms with Gasteiger partial charge in [-0.25, -0.2) is 4.79 Å². The van der Waals surface area contributed by atoms with Crippen LogP contribution < -0.4 is 24.3 Å². The van der Waals surface area contributed by atoms with Crippen LogP contribution in [-0.4, -0.2) is 43.3 Å². The number of hydrogen-bond donors (Lipinski definition) is 1. The van der Waals surface area contributed by atoms with Crippen molar-refractivity contribution >= 4 is 23.6 Å². The van der Waals surface area contributed by atoms with Crippen LogP contribution in [0.25, 0.3) is 0 Å². The Hall–Kier alpha value is -3.65. The van der Waals surface area contributed by atoms with Crippen molar-refractivity contribution < 1.29 is 28.5 Å². The van der Waals surface area contributed by atoms with Gasteiger partial charge in [0.15, 0.2) is 17.0 Å². The third-order valence-corrected chi connectivity index (χ3v) is 7.01. The Morgan fingerprint density at radius 2 is 1.77 bits per heavy atom. The second-order valence-corrected chi connectivity index (χ2v) is 9.36. The van der Waals surface area contributed by atoms with Gasteiger partial charge in [0.05, 0.1) is 7.11 Å². The highest BCUT2D eigenvalue weighted by Crippen LogP contribution is 2.50. The van der Waals surface area contributed by atoms with Crippen molar-refractivity contribution in [2.24, 2.45) is 0 Å². The zero-order chi connectivity index (χ0) is 24.4. The molecule has 180 valence electrons. The molecule has 7 nitrogen and oxygen atoms in total. The molecule has 35 heavy (non-hydrogen) atoms. The van der Waals surface area contributed by atoms with E-state index in [1.165, 1.54) is 0 Å². The Morgan fingerprint density at radius 1 is 1.06 bits per heavy atom. The van der Waals surface area contributed by atoms with Crippen LogP contribution >= 0.6 is 11.8 Å². The van der Waals surface area contributed by atoms with Crippen molar-refractivity contribution in [1.82, 2.24) is 5.32 Å². The van der Waals surface area contributed by atoms with Crippen LogP contribution in [-0.2, 0) is 4.79 Å². The third-order valence-electron chi connectivity index (χ3n) is 6.40. The fourth-order valence-corrected chi connectivity index (χ4v) is 5.17. The molecule has 3 aromatic rings. The largest absolute Gasteiger partial charge is 0.497 e. The second-order valence-electron chi connectivity index (χ2n) is 8.37. The molecule has 2 aliphatic heterocycles. The summed E-state index contributed by atoms with van der Waals surface area (Å²) in [5, 5.41) is 3.09.